The molecule has 0 spiro atoms. The minimum Gasteiger partial charge on any atom is -0.437 e. The number of benzene rings is 1. The average Bonchev–Trinajstić information content (AvgIpc) is 2.95. The van der Waals surface area contributed by atoms with Gasteiger partial charge in [0, 0.05) is 11.7 Å². The van der Waals surface area contributed by atoms with Crippen LogP contribution in [0.5, 0.6) is 0 Å². The zero-order chi connectivity index (χ0) is 15.0. The number of para-hydroxylation sites is 1. The Morgan fingerprint density at radius 2 is 2.19 bits per heavy atom. The van der Waals surface area contributed by atoms with Crippen LogP contribution >= 0.6 is 11.8 Å². The predicted molar refractivity (Wildman–Crippen MR) is 83.8 cm³/mol. The first-order chi connectivity index (χ1) is 10.1. The number of fused-ring (bicyclic) bond motifs is 1. The van der Waals surface area contributed by atoms with Gasteiger partial charge in [-0.15, -0.1) is 0 Å². The molecule has 1 aliphatic heterocycles. The van der Waals surface area contributed by atoms with E-state index in [2.05, 4.69) is 18.0 Å². The monoisotopic (exact) mass is 302 g/mol. The number of aryl methyl sites for hydroxylation is 2. The summed E-state index contributed by atoms with van der Waals surface area (Å²) < 4.78 is 5.50. The molecule has 1 aromatic carbocycles. The number of anilines is 1. The fraction of sp³-hybridized carbons (Fsp3) is 0.375. The minimum atomic E-state index is 0.103. The third-order valence-electron chi connectivity index (χ3n) is 3.80. The Morgan fingerprint density at radius 3 is 2.90 bits per heavy atom. The summed E-state index contributed by atoms with van der Waals surface area (Å²) in [6.45, 7) is 5.87. The molecule has 0 N–H and O–H groups in total. The van der Waals surface area contributed by atoms with Crippen LogP contribution in [0.2, 0.25) is 0 Å². The second kappa shape index (κ2) is 5.56. The van der Waals surface area contributed by atoms with E-state index in [1.165, 1.54) is 17.3 Å². The van der Waals surface area contributed by atoms with Crippen molar-refractivity contribution in [3.8, 4) is 0 Å². The molecule has 110 valence electrons. The summed E-state index contributed by atoms with van der Waals surface area (Å²) in [6, 6.07) is 8.31. The van der Waals surface area contributed by atoms with Crippen LogP contribution in [0.15, 0.2) is 33.9 Å². The summed E-state index contributed by atoms with van der Waals surface area (Å²) in [7, 11) is 0. The van der Waals surface area contributed by atoms with Crippen LogP contribution in [0.25, 0.3) is 0 Å². The topological polar surface area (TPSA) is 46.3 Å². The normalized spacial score (nSPS) is 17.1. The summed E-state index contributed by atoms with van der Waals surface area (Å²) in [6.07, 6.45) is 0.920. The molecule has 1 amide bonds. The highest BCUT2D eigenvalue weighted by Crippen LogP contribution is 2.32. The number of oxazole rings is 1. The second-order valence-corrected chi connectivity index (χ2v) is 6.28. The van der Waals surface area contributed by atoms with Crippen LogP contribution in [0.1, 0.15) is 23.9 Å². The van der Waals surface area contributed by atoms with Gasteiger partial charge >= 0.3 is 0 Å². The van der Waals surface area contributed by atoms with E-state index in [-0.39, 0.29) is 11.9 Å². The highest BCUT2D eigenvalue weighted by molar-refractivity contribution is 7.99. The summed E-state index contributed by atoms with van der Waals surface area (Å²) >= 11 is 1.36. The predicted octanol–water partition coefficient (Wildman–Crippen LogP) is 3.36. The van der Waals surface area contributed by atoms with E-state index in [0.717, 1.165) is 23.6 Å². The van der Waals surface area contributed by atoms with Gasteiger partial charge in [-0.1, -0.05) is 30.0 Å². The van der Waals surface area contributed by atoms with E-state index >= 15 is 0 Å². The van der Waals surface area contributed by atoms with Gasteiger partial charge in [0.15, 0.2) is 0 Å². The van der Waals surface area contributed by atoms with Crippen LogP contribution in [0.3, 0.4) is 0 Å². The average molecular weight is 302 g/mol. The van der Waals surface area contributed by atoms with Crippen LogP contribution in [-0.4, -0.2) is 22.7 Å². The van der Waals surface area contributed by atoms with E-state index in [0.29, 0.717) is 11.0 Å². The molecule has 1 atom stereocenters. The van der Waals surface area contributed by atoms with Gasteiger partial charge in [0.05, 0.1) is 11.4 Å². The quantitative estimate of drug-likeness (QED) is 0.816. The first-order valence-electron chi connectivity index (χ1n) is 7.03. The molecular weight excluding hydrogens is 284 g/mol. The molecule has 0 unspecified atom stereocenters. The van der Waals surface area contributed by atoms with Crippen molar-refractivity contribution in [2.45, 2.75) is 38.5 Å². The van der Waals surface area contributed by atoms with Gasteiger partial charge in [-0.25, -0.2) is 4.98 Å². The Labute approximate surface area is 128 Å². The van der Waals surface area contributed by atoms with Gasteiger partial charge in [0.1, 0.15) is 5.76 Å². The van der Waals surface area contributed by atoms with Crippen LogP contribution in [0.4, 0.5) is 5.69 Å². The van der Waals surface area contributed by atoms with Crippen LogP contribution < -0.4 is 4.90 Å². The minimum absolute atomic E-state index is 0.103. The molecule has 0 saturated carbocycles. The molecule has 21 heavy (non-hydrogen) atoms. The van der Waals surface area contributed by atoms with Crippen molar-refractivity contribution in [2.24, 2.45) is 0 Å². The van der Waals surface area contributed by atoms with Crippen molar-refractivity contribution in [3.05, 3.63) is 41.3 Å². The smallest absolute Gasteiger partial charge is 0.256 e. The molecule has 0 radical (unpaired) electrons. The van der Waals surface area contributed by atoms with E-state index in [4.69, 9.17) is 4.42 Å². The van der Waals surface area contributed by atoms with E-state index in [1.54, 1.807) is 0 Å². The zero-order valence-corrected chi connectivity index (χ0v) is 13.2. The van der Waals surface area contributed by atoms with Gasteiger partial charge in [0.25, 0.3) is 5.22 Å². The SMILES string of the molecule is Cc1nc(SCC(=O)N2c3ccccc3C[C@H]2C)oc1C. The molecule has 0 saturated heterocycles. The number of hydrogen-bond acceptors (Lipinski definition) is 4. The standard InChI is InChI=1S/C16H18N2O2S/c1-10-8-13-6-4-5-7-14(13)18(10)15(19)9-21-16-17-11(2)12(3)20-16/h4-7,10H,8-9H2,1-3H3/t10-/m1/s1. The molecule has 2 aromatic rings. The first kappa shape index (κ1) is 14.2. The molecule has 5 heteroatoms. The molecule has 4 nitrogen and oxygen atoms in total. The Hall–Kier alpha value is -1.75. The third kappa shape index (κ3) is 2.70. The number of thioether (sulfide) groups is 1. The lowest BCUT2D eigenvalue weighted by Gasteiger charge is -2.22. The number of hydrogen-bond donors (Lipinski definition) is 0. The Bertz CT molecular complexity index is 661. The lowest BCUT2D eigenvalue weighted by atomic mass is 10.1. The van der Waals surface area contributed by atoms with E-state index < -0.39 is 0 Å². The Kier molecular flexibility index (Phi) is 3.76. The molecular formula is C16H18N2O2S. The fourth-order valence-corrected chi connectivity index (χ4v) is 3.42. The van der Waals surface area contributed by atoms with Gasteiger partial charge in [-0.2, -0.15) is 0 Å². The number of aromatic nitrogens is 1. The van der Waals surface area contributed by atoms with E-state index in [1.807, 2.05) is 36.9 Å². The molecule has 0 bridgehead atoms. The Morgan fingerprint density at radius 1 is 1.43 bits per heavy atom. The zero-order valence-electron chi connectivity index (χ0n) is 12.4. The maximum Gasteiger partial charge on any atom is 0.256 e. The third-order valence-corrected chi connectivity index (χ3v) is 4.62. The van der Waals surface area contributed by atoms with Crippen molar-refractivity contribution < 1.29 is 9.21 Å². The van der Waals surface area contributed by atoms with Gasteiger partial charge in [0.2, 0.25) is 5.91 Å². The maximum atomic E-state index is 12.5. The van der Waals surface area contributed by atoms with Crippen molar-refractivity contribution in [3.63, 3.8) is 0 Å². The number of nitrogens with zero attached hydrogens (tertiary/aromatic N) is 2. The number of carbonyl (C=O) groups excluding carboxylic acids is 1. The number of rotatable bonds is 3. The fourth-order valence-electron chi connectivity index (χ4n) is 2.64. The Balaban J connectivity index is 1.71. The molecule has 1 aromatic heterocycles. The lowest BCUT2D eigenvalue weighted by Crippen LogP contribution is -2.36. The highest BCUT2D eigenvalue weighted by atomic mass is 32.2. The highest BCUT2D eigenvalue weighted by Gasteiger charge is 2.30. The number of carbonyl (C=O) groups is 1. The van der Waals surface area contributed by atoms with Crippen molar-refractivity contribution in [1.82, 2.24) is 4.98 Å². The van der Waals surface area contributed by atoms with Gasteiger partial charge in [-0.05, 0) is 38.8 Å². The summed E-state index contributed by atoms with van der Waals surface area (Å²) in [5, 5.41) is 0.568. The van der Waals surface area contributed by atoms with Crippen LogP contribution in [-0.2, 0) is 11.2 Å². The molecule has 3 rings (SSSR count). The van der Waals surface area contributed by atoms with Crippen molar-refractivity contribution >= 4 is 23.4 Å². The number of amides is 1. The second-order valence-electron chi connectivity index (χ2n) is 5.36. The summed E-state index contributed by atoms with van der Waals surface area (Å²) in [4.78, 5) is 18.7. The molecule has 0 fully saturated rings. The lowest BCUT2D eigenvalue weighted by molar-refractivity contribution is -0.116. The molecule has 0 aliphatic carbocycles. The van der Waals surface area contributed by atoms with Crippen molar-refractivity contribution in [2.75, 3.05) is 10.7 Å². The molecule has 2 heterocycles. The summed E-state index contributed by atoms with van der Waals surface area (Å²) in [5.41, 5.74) is 3.16. The summed E-state index contributed by atoms with van der Waals surface area (Å²) in [5.74, 6) is 1.26. The van der Waals surface area contributed by atoms with Crippen molar-refractivity contribution in [1.29, 1.82) is 0 Å². The maximum absolute atomic E-state index is 12.5. The first-order valence-corrected chi connectivity index (χ1v) is 8.01. The molecule has 1 aliphatic rings. The van der Waals surface area contributed by atoms with Gasteiger partial charge in [-0.3, -0.25) is 4.79 Å². The largest absolute Gasteiger partial charge is 0.437 e. The van der Waals surface area contributed by atoms with Gasteiger partial charge < -0.3 is 9.32 Å². The van der Waals surface area contributed by atoms with Crippen LogP contribution in [0, 0.1) is 13.8 Å². The van der Waals surface area contributed by atoms with E-state index in [9.17, 15) is 4.79 Å².